The number of anilines is 1. The highest BCUT2D eigenvalue weighted by Gasteiger charge is 2.54. The van der Waals surface area contributed by atoms with E-state index in [0.29, 0.717) is 22.4 Å². The summed E-state index contributed by atoms with van der Waals surface area (Å²) in [6, 6.07) is 13.6. The zero-order valence-corrected chi connectivity index (χ0v) is 22.4. The number of carbonyl (C=O) groups excluding carboxylic acids is 2. The van der Waals surface area contributed by atoms with Crippen LogP contribution >= 0.6 is 23.2 Å². The average molecular weight is 529 g/mol. The maximum Gasteiger partial charge on any atom is 0.249 e. The molecule has 2 aliphatic carbocycles. The molecule has 2 aromatic carbocycles. The Morgan fingerprint density at radius 1 is 1.06 bits per heavy atom. The minimum atomic E-state index is -1.02. The molecule has 0 bridgehead atoms. The molecular weight excluding hydrogens is 493 g/mol. The summed E-state index contributed by atoms with van der Waals surface area (Å²) in [7, 11) is 0. The molecule has 2 aromatic rings. The Bertz CT molecular complexity index is 1130. The van der Waals surface area contributed by atoms with Gasteiger partial charge in [0.05, 0.1) is 6.54 Å². The molecule has 2 N–H and O–H groups in total. The summed E-state index contributed by atoms with van der Waals surface area (Å²) in [5, 5.41) is 7.60. The molecule has 3 aliphatic rings. The smallest absolute Gasteiger partial charge is 0.249 e. The molecular formula is C29H35Cl2N3O2. The number of nitrogens with one attached hydrogen (secondary N) is 2. The molecule has 2 amide bonds. The van der Waals surface area contributed by atoms with Gasteiger partial charge < -0.3 is 10.6 Å². The van der Waals surface area contributed by atoms with Crippen molar-refractivity contribution in [1.82, 2.24) is 10.2 Å². The third-order valence-electron chi connectivity index (χ3n) is 8.28. The normalized spacial score (nSPS) is 26.2. The first-order valence-corrected chi connectivity index (χ1v) is 14.0. The highest BCUT2D eigenvalue weighted by atomic mass is 35.5. The summed E-state index contributed by atoms with van der Waals surface area (Å²) >= 11 is 12.7. The van der Waals surface area contributed by atoms with Crippen LogP contribution in [-0.2, 0) is 21.5 Å². The van der Waals surface area contributed by atoms with Crippen LogP contribution in [0.3, 0.4) is 0 Å². The predicted octanol–water partition coefficient (Wildman–Crippen LogP) is 6.32. The van der Waals surface area contributed by atoms with Crippen molar-refractivity contribution < 1.29 is 9.59 Å². The van der Waals surface area contributed by atoms with Gasteiger partial charge in [0, 0.05) is 39.8 Å². The van der Waals surface area contributed by atoms with Crippen molar-refractivity contribution in [1.29, 1.82) is 0 Å². The van der Waals surface area contributed by atoms with E-state index in [4.69, 9.17) is 23.2 Å². The molecule has 5 nitrogen and oxygen atoms in total. The molecule has 5 rings (SSSR count). The molecule has 0 spiro atoms. The molecule has 0 saturated heterocycles. The molecule has 36 heavy (non-hydrogen) atoms. The fraction of sp³-hybridized carbons (Fsp3) is 0.517. The number of rotatable bonds is 7. The Labute approximate surface area is 223 Å². The molecule has 1 heterocycles. The second kappa shape index (κ2) is 10.7. The SMILES string of the molecule is CC1CC[C@@H](N(CC(=O)NC2CCCCC2)C2(Cc3cccc(Cl)c3)C(=O)Nc3cc(Cl)ccc32)C1. The lowest BCUT2D eigenvalue weighted by atomic mass is 9.81. The van der Waals surface area contributed by atoms with Gasteiger partial charge in [0.25, 0.3) is 0 Å². The lowest BCUT2D eigenvalue weighted by Crippen LogP contribution is -2.59. The third kappa shape index (κ3) is 5.16. The van der Waals surface area contributed by atoms with Crippen LogP contribution in [0, 0.1) is 5.92 Å². The zero-order valence-electron chi connectivity index (χ0n) is 20.9. The summed E-state index contributed by atoms with van der Waals surface area (Å²) < 4.78 is 0. The van der Waals surface area contributed by atoms with Crippen molar-refractivity contribution >= 4 is 40.7 Å². The van der Waals surface area contributed by atoms with E-state index < -0.39 is 5.54 Å². The monoisotopic (exact) mass is 527 g/mol. The van der Waals surface area contributed by atoms with E-state index in [1.54, 1.807) is 0 Å². The minimum absolute atomic E-state index is 0.00198. The van der Waals surface area contributed by atoms with Crippen molar-refractivity contribution in [3.05, 3.63) is 63.6 Å². The van der Waals surface area contributed by atoms with Gasteiger partial charge in [-0.05, 0) is 67.9 Å². The van der Waals surface area contributed by atoms with Crippen molar-refractivity contribution in [2.24, 2.45) is 5.92 Å². The van der Waals surface area contributed by atoms with Gasteiger partial charge in [0.2, 0.25) is 11.8 Å². The van der Waals surface area contributed by atoms with E-state index in [1.807, 2.05) is 42.5 Å². The number of hydrogen-bond acceptors (Lipinski definition) is 3. The van der Waals surface area contributed by atoms with Gasteiger partial charge in [-0.3, -0.25) is 14.5 Å². The van der Waals surface area contributed by atoms with Crippen LogP contribution in [0.2, 0.25) is 10.0 Å². The standard InChI is InChI=1S/C29H35Cl2N3O2/c1-19-10-12-24(14-19)34(18-27(35)32-23-8-3-2-4-9-23)29(17-20-6-5-7-21(30)15-20)25-13-11-22(31)16-26(25)33-28(29)36/h5-7,11,13,15-16,19,23-24H,2-4,8-10,12,14,17-18H2,1H3,(H,32,35)(H,33,36)/t19?,24-,29?/m1/s1. The van der Waals surface area contributed by atoms with Crippen molar-refractivity contribution in [2.45, 2.75) is 82.3 Å². The number of fused-ring (bicyclic) bond motifs is 1. The highest BCUT2D eigenvalue weighted by molar-refractivity contribution is 6.31. The van der Waals surface area contributed by atoms with Crippen LogP contribution in [-0.4, -0.2) is 35.3 Å². The first-order valence-electron chi connectivity index (χ1n) is 13.3. The molecule has 1 aliphatic heterocycles. The molecule has 2 fully saturated rings. The van der Waals surface area contributed by atoms with E-state index in [1.165, 1.54) is 6.42 Å². The Morgan fingerprint density at radius 3 is 2.56 bits per heavy atom. The quantitative estimate of drug-likeness (QED) is 0.442. The van der Waals surface area contributed by atoms with Crippen LogP contribution in [0.25, 0.3) is 0 Å². The van der Waals surface area contributed by atoms with E-state index in [2.05, 4.69) is 22.5 Å². The minimum Gasteiger partial charge on any atom is -0.352 e. The van der Waals surface area contributed by atoms with Gasteiger partial charge in [-0.25, -0.2) is 0 Å². The molecule has 2 saturated carbocycles. The number of benzene rings is 2. The second-order valence-electron chi connectivity index (χ2n) is 10.9. The highest BCUT2D eigenvalue weighted by Crippen LogP contribution is 2.47. The van der Waals surface area contributed by atoms with Crippen molar-refractivity contribution in [2.75, 3.05) is 11.9 Å². The maximum atomic E-state index is 14.0. The Balaban J connectivity index is 1.56. The molecule has 3 atom stereocenters. The predicted molar refractivity (Wildman–Crippen MR) is 145 cm³/mol. The fourth-order valence-electron chi connectivity index (χ4n) is 6.54. The third-order valence-corrected chi connectivity index (χ3v) is 8.75. The van der Waals surface area contributed by atoms with Crippen LogP contribution in [0.4, 0.5) is 5.69 Å². The van der Waals surface area contributed by atoms with E-state index >= 15 is 0 Å². The molecule has 7 heteroatoms. The molecule has 192 valence electrons. The van der Waals surface area contributed by atoms with Crippen molar-refractivity contribution in [3.8, 4) is 0 Å². The number of halogens is 2. The Morgan fingerprint density at radius 2 is 1.83 bits per heavy atom. The number of carbonyl (C=O) groups is 2. The molecule has 0 aromatic heterocycles. The lowest BCUT2D eigenvalue weighted by molar-refractivity contribution is -0.134. The van der Waals surface area contributed by atoms with Gasteiger partial charge in [-0.15, -0.1) is 0 Å². The number of hydrogen-bond donors (Lipinski definition) is 2. The fourth-order valence-corrected chi connectivity index (χ4v) is 6.93. The van der Waals surface area contributed by atoms with Crippen LogP contribution in [0.1, 0.15) is 69.4 Å². The summed E-state index contributed by atoms with van der Waals surface area (Å²) in [4.78, 5) is 29.8. The van der Waals surface area contributed by atoms with Crippen LogP contribution in [0.5, 0.6) is 0 Å². The largest absolute Gasteiger partial charge is 0.352 e. The van der Waals surface area contributed by atoms with Gasteiger partial charge in [-0.1, -0.05) is 67.6 Å². The summed E-state index contributed by atoms with van der Waals surface area (Å²) in [5.74, 6) is 0.447. The topological polar surface area (TPSA) is 61.4 Å². The maximum absolute atomic E-state index is 14.0. The van der Waals surface area contributed by atoms with Crippen LogP contribution < -0.4 is 10.6 Å². The average Bonchev–Trinajstić information content (AvgIpc) is 3.39. The summed E-state index contributed by atoms with van der Waals surface area (Å²) in [6.45, 7) is 2.44. The zero-order chi connectivity index (χ0) is 25.3. The molecule has 2 unspecified atom stereocenters. The van der Waals surface area contributed by atoms with Gasteiger partial charge in [-0.2, -0.15) is 0 Å². The summed E-state index contributed by atoms with van der Waals surface area (Å²) in [6.07, 6.45) is 9.05. The Kier molecular flexibility index (Phi) is 7.62. The van der Waals surface area contributed by atoms with Crippen molar-refractivity contribution in [3.63, 3.8) is 0 Å². The van der Waals surface area contributed by atoms with E-state index in [0.717, 1.165) is 61.8 Å². The lowest BCUT2D eigenvalue weighted by Gasteiger charge is -2.43. The number of amides is 2. The van der Waals surface area contributed by atoms with Gasteiger partial charge in [0.15, 0.2) is 0 Å². The van der Waals surface area contributed by atoms with Gasteiger partial charge >= 0.3 is 0 Å². The van der Waals surface area contributed by atoms with E-state index in [9.17, 15) is 9.59 Å². The summed E-state index contributed by atoms with van der Waals surface area (Å²) in [5.41, 5.74) is 1.54. The Hall–Kier alpha value is -2.08. The van der Waals surface area contributed by atoms with Crippen LogP contribution in [0.15, 0.2) is 42.5 Å². The first-order chi connectivity index (χ1) is 17.3. The van der Waals surface area contributed by atoms with Gasteiger partial charge in [0.1, 0.15) is 5.54 Å². The second-order valence-corrected chi connectivity index (χ2v) is 11.8. The number of nitrogens with zero attached hydrogens (tertiary/aromatic N) is 1. The van der Waals surface area contributed by atoms with E-state index in [-0.39, 0.29) is 30.4 Å². The molecule has 0 radical (unpaired) electrons. The first kappa shape index (κ1) is 25.6.